The second kappa shape index (κ2) is 5.60. The van der Waals surface area contributed by atoms with Gasteiger partial charge in [0, 0.05) is 4.90 Å². The van der Waals surface area contributed by atoms with E-state index in [1.54, 1.807) is 26.0 Å². The maximum absolute atomic E-state index is 12.0. The molecule has 0 heterocycles. The number of aryl methyl sites for hydroxylation is 1. The third kappa shape index (κ3) is 2.92. The van der Waals surface area contributed by atoms with Crippen molar-refractivity contribution in [3.8, 4) is 6.07 Å². The number of nitrogens with zero attached hydrogens (tertiary/aromatic N) is 1. The zero-order valence-corrected chi connectivity index (χ0v) is 10.5. The second-order valence-corrected chi connectivity index (χ2v) is 5.24. The molecule has 4 nitrogen and oxygen atoms in total. The molecule has 0 aromatic heterocycles. The number of carboxylic acids is 1. The van der Waals surface area contributed by atoms with Gasteiger partial charge in [0.25, 0.3) is 0 Å². The highest BCUT2D eigenvalue weighted by Gasteiger charge is 2.18. The van der Waals surface area contributed by atoms with Crippen LogP contribution in [-0.2, 0) is 10.8 Å². The minimum absolute atomic E-state index is 0.128. The predicted octanol–water partition coefficient (Wildman–Crippen LogP) is 2.10. The number of nitriles is 1. The van der Waals surface area contributed by atoms with Crippen LogP contribution < -0.4 is 0 Å². The average Bonchev–Trinajstić information content (AvgIpc) is 2.30. The molecule has 0 radical (unpaired) electrons. The van der Waals surface area contributed by atoms with Crippen molar-refractivity contribution in [1.29, 1.82) is 5.26 Å². The summed E-state index contributed by atoms with van der Waals surface area (Å²) in [4.78, 5) is 11.3. The maximum Gasteiger partial charge on any atom is 0.335 e. The van der Waals surface area contributed by atoms with Crippen LogP contribution in [0.25, 0.3) is 0 Å². The van der Waals surface area contributed by atoms with Gasteiger partial charge >= 0.3 is 5.97 Å². The third-order valence-electron chi connectivity index (χ3n) is 2.44. The summed E-state index contributed by atoms with van der Waals surface area (Å²) in [5, 5.41) is 17.2. The Bertz CT molecular complexity index is 505. The van der Waals surface area contributed by atoms with Crippen LogP contribution in [-0.4, -0.2) is 20.5 Å². The van der Waals surface area contributed by atoms with Crippen LogP contribution in [0.4, 0.5) is 0 Å². The van der Waals surface area contributed by atoms with Crippen molar-refractivity contribution in [2.75, 3.05) is 0 Å². The van der Waals surface area contributed by atoms with Gasteiger partial charge in [0.15, 0.2) is 0 Å². The van der Waals surface area contributed by atoms with Gasteiger partial charge in [0.2, 0.25) is 0 Å². The number of rotatable bonds is 4. The Hall–Kier alpha value is -1.67. The molecule has 0 aliphatic rings. The fraction of sp³-hybridized carbons (Fsp3) is 0.333. The zero-order chi connectivity index (χ0) is 13.0. The first-order chi connectivity index (χ1) is 8.01. The van der Waals surface area contributed by atoms with Gasteiger partial charge in [0.05, 0.1) is 22.4 Å². The van der Waals surface area contributed by atoms with E-state index in [-0.39, 0.29) is 5.56 Å². The van der Waals surface area contributed by atoms with E-state index < -0.39 is 22.0 Å². The second-order valence-electron chi connectivity index (χ2n) is 3.61. The molecule has 2 unspecified atom stereocenters. The SMILES string of the molecule is CCC(C#N)S(=O)c1ccc(C)c(C(=O)O)c1. The van der Waals surface area contributed by atoms with Crippen LogP contribution in [0.15, 0.2) is 23.1 Å². The molecular formula is C12H13NO3S. The Morgan fingerprint density at radius 3 is 2.71 bits per heavy atom. The molecule has 90 valence electrons. The van der Waals surface area contributed by atoms with E-state index in [0.29, 0.717) is 16.9 Å². The lowest BCUT2D eigenvalue weighted by Crippen LogP contribution is -2.12. The van der Waals surface area contributed by atoms with E-state index in [0.717, 1.165) is 0 Å². The summed E-state index contributed by atoms with van der Waals surface area (Å²) in [5.74, 6) is -1.05. The highest BCUT2D eigenvalue weighted by molar-refractivity contribution is 7.86. The fourth-order valence-electron chi connectivity index (χ4n) is 1.41. The van der Waals surface area contributed by atoms with Crippen LogP contribution in [0, 0.1) is 18.3 Å². The molecule has 1 rings (SSSR count). The van der Waals surface area contributed by atoms with Gasteiger partial charge in [0.1, 0.15) is 5.25 Å². The van der Waals surface area contributed by atoms with Gasteiger partial charge in [-0.05, 0) is 31.0 Å². The maximum atomic E-state index is 12.0. The summed E-state index contributed by atoms with van der Waals surface area (Å²) in [6.07, 6.45) is 0.472. The summed E-state index contributed by atoms with van der Waals surface area (Å²) in [7, 11) is -1.48. The molecule has 2 atom stereocenters. The first-order valence-electron chi connectivity index (χ1n) is 5.15. The summed E-state index contributed by atoms with van der Waals surface area (Å²) < 4.78 is 12.0. The van der Waals surface area contributed by atoms with Crippen molar-refractivity contribution >= 4 is 16.8 Å². The molecule has 0 spiro atoms. The fourth-order valence-corrected chi connectivity index (χ4v) is 2.57. The van der Waals surface area contributed by atoms with Gasteiger partial charge in [-0.3, -0.25) is 4.21 Å². The average molecular weight is 251 g/mol. The van der Waals surface area contributed by atoms with E-state index in [1.807, 2.05) is 6.07 Å². The van der Waals surface area contributed by atoms with Gasteiger partial charge < -0.3 is 5.11 Å². The summed E-state index contributed by atoms with van der Waals surface area (Å²) in [6, 6.07) is 6.57. The number of benzene rings is 1. The lowest BCUT2D eigenvalue weighted by Gasteiger charge is -2.08. The first kappa shape index (κ1) is 13.4. The van der Waals surface area contributed by atoms with Crippen molar-refractivity contribution < 1.29 is 14.1 Å². The Kier molecular flexibility index (Phi) is 4.41. The molecule has 0 aliphatic heterocycles. The number of carboxylic acid groups (broad SMARTS) is 1. The van der Waals surface area contributed by atoms with Crippen LogP contribution in [0.1, 0.15) is 29.3 Å². The van der Waals surface area contributed by atoms with Crippen molar-refractivity contribution in [3.63, 3.8) is 0 Å². The smallest absolute Gasteiger partial charge is 0.335 e. The molecule has 1 aromatic rings. The molecule has 1 aromatic carbocycles. The quantitative estimate of drug-likeness (QED) is 0.888. The van der Waals surface area contributed by atoms with Gasteiger partial charge in [-0.2, -0.15) is 5.26 Å². The van der Waals surface area contributed by atoms with Crippen LogP contribution in [0.5, 0.6) is 0 Å². The highest BCUT2D eigenvalue weighted by Crippen LogP contribution is 2.18. The summed E-state index contributed by atoms with van der Waals surface area (Å²) >= 11 is 0. The molecular weight excluding hydrogens is 238 g/mol. The van der Waals surface area contributed by atoms with Gasteiger partial charge in [-0.1, -0.05) is 13.0 Å². The Labute approximate surface area is 102 Å². The lowest BCUT2D eigenvalue weighted by molar-refractivity contribution is 0.0696. The Morgan fingerprint density at radius 1 is 1.59 bits per heavy atom. The standard InChI is InChI=1S/C12H13NO3S/c1-3-9(7-13)17(16)10-5-4-8(2)11(6-10)12(14)15/h4-6,9H,3H2,1-2H3,(H,14,15). The first-order valence-corrected chi connectivity index (χ1v) is 6.36. The minimum atomic E-state index is -1.48. The predicted molar refractivity (Wildman–Crippen MR) is 64.2 cm³/mol. The molecule has 0 saturated heterocycles. The van der Waals surface area contributed by atoms with Crippen LogP contribution in [0.2, 0.25) is 0 Å². The van der Waals surface area contributed by atoms with Crippen molar-refractivity contribution in [1.82, 2.24) is 0 Å². The Morgan fingerprint density at radius 2 is 2.24 bits per heavy atom. The van der Waals surface area contributed by atoms with Crippen LogP contribution >= 0.6 is 0 Å². The molecule has 0 aliphatic carbocycles. The van der Waals surface area contributed by atoms with Gasteiger partial charge in [-0.15, -0.1) is 0 Å². The molecule has 17 heavy (non-hydrogen) atoms. The molecule has 0 amide bonds. The number of hydrogen-bond acceptors (Lipinski definition) is 3. The van der Waals surface area contributed by atoms with Crippen molar-refractivity contribution in [2.45, 2.75) is 30.4 Å². The molecule has 1 N–H and O–H groups in total. The third-order valence-corrected chi connectivity index (χ3v) is 4.12. The number of hydrogen-bond donors (Lipinski definition) is 1. The van der Waals surface area contributed by atoms with E-state index in [4.69, 9.17) is 10.4 Å². The lowest BCUT2D eigenvalue weighted by atomic mass is 10.1. The van der Waals surface area contributed by atoms with E-state index in [9.17, 15) is 9.00 Å². The molecule has 0 fully saturated rings. The monoisotopic (exact) mass is 251 g/mol. The van der Waals surface area contributed by atoms with Crippen LogP contribution in [0.3, 0.4) is 0 Å². The van der Waals surface area contributed by atoms with Crippen molar-refractivity contribution in [3.05, 3.63) is 29.3 Å². The molecule has 0 saturated carbocycles. The van der Waals surface area contributed by atoms with E-state index in [1.165, 1.54) is 6.07 Å². The normalized spacial score (nSPS) is 13.7. The zero-order valence-electron chi connectivity index (χ0n) is 9.64. The summed E-state index contributed by atoms with van der Waals surface area (Å²) in [6.45, 7) is 3.45. The van der Waals surface area contributed by atoms with E-state index >= 15 is 0 Å². The minimum Gasteiger partial charge on any atom is -0.478 e. The van der Waals surface area contributed by atoms with Gasteiger partial charge in [-0.25, -0.2) is 4.79 Å². The van der Waals surface area contributed by atoms with Crippen molar-refractivity contribution in [2.24, 2.45) is 0 Å². The largest absolute Gasteiger partial charge is 0.478 e. The van der Waals surface area contributed by atoms with E-state index in [2.05, 4.69) is 0 Å². The number of carbonyl (C=O) groups is 1. The molecule has 0 bridgehead atoms. The number of aromatic carboxylic acids is 1. The topological polar surface area (TPSA) is 78.2 Å². The molecule has 5 heteroatoms. The highest BCUT2D eigenvalue weighted by atomic mass is 32.2. The summed E-state index contributed by atoms with van der Waals surface area (Å²) in [5.41, 5.74) is 0.742. The Balaban J connectivity index is 3.17.